The summed E-state index contributed by atoms with van der Waals surface area (Å²) in [7, 11) is 0. The Kier molecular flexibility index (Phi) is 3.41. The molecule has 82 valence electrons. The van der Waals surface area contributed by atoms with Gasteiger partial charge in [-0.15, -0.1) is 0 Å². The molecule has 0 unspecified atom stereocenters. The molecule has 0 atom stereocenters. The number of hydrogen-bond donors (Lipinski definition) is 1. The first-order valence-corrected chi connectivity index (χ1v) is 6.11. The van der Waals surface area contributed by atoms with Crippen molar-refractivity contribution in [3.8, 4) is 0 Å². The van der Waals surface area contributed by atoms with Gasteiger partial charge in [0, 0.05) is 11.6 Å². The van der Waals surface area contributed by atoms with E-state index in [0.29, 0.717) is 16.2 Å². The maximum atomic E-state index is 11.3. The molecule has 0 saturated heterocycles. The predicted octanol–water partition coefficient (Wildman–Crippen LogP) is 3.22. The molecule has 0 bridgehead atoms. The van der Waals surface area contributed by atoms with E-state index in [1.165, 1.54) is 0 Å². The van der Waals surface area contributed by atoms with Crippen LogP contribution in [-0.2, 0) is 4.79 Å². The highest BCUT2D eigenvalue weighted by molar-refractivity contribution is 9.09. The van der Waals surface area contributed by atoms with Crippen LogP contribution in [-0.4, -0.2) is 16.2 Å². The van der Waals surface area contributed by atoms with Gasteiger partial charge in [0.25, 0.3) is 0 Å². The van der Waals surface area contributed by atoms with E-state index in [0.717, 1.165) is 5.39 Å². The van der Waals surface area contributed by atoms with E-state index < -0.39 is 0 Å². The second-order valence-electron chi connectivity index (χ2n) is 3.18. The molecule has 0 spiro atoms. The lowest BCUT2D eigenvalue weighted by Crippen LogP contribution is -2.12. The Morgan fingerprint density at radius 3 is 3.00 bits per heavy atom. The number of benzene rings is 1. The summed E-state index contributed by atoms with van der Waals surface area (Å²) in [4.78, 5) is 15.5. The summed E-state index contributed by atoms with van der Waals surface area (Å²) in [5, 5.41) is 4.46. The van der Waals surface area contributed by atoms with Crippen molar-refractivity contribution in [2.45, 2.75) is 0 Å². The number of nitrogens with one attached hydrogen (secondary N) is 1. The highest BCUT2D eigenvalue weighted by Gasteiger charge is 2.07. The first-order chi connectivity index (χ1) is 7.72. The van der Waals surface area contributed by atoms with Crippen LogP contribution in [0.15, 0.2) is 30.5 Å². The number of alkyl halides is 1. The van der Waals surface area contributed by atoms with Crippen molar-refractivity contribution in [1.82, 2.24) is 4.98 Å². The standard InChI is InChI=1S/C11H8BrClN2O/c12-6-10(16)15-9-4-3-8(13)7-2-1-5-14-11(7)9/h1-5H,6H2,(H,15,16). The second kappa shape index (κ2) is 4.80. The van der Waals surface area contributed by atoms with Gasteiger partial charge in [-0.25, -0.2) is 0 Å². The summed E-state index contributed by atoms with van der Waals surface area (Å²) in [5.41, 5.74) is 1.37. The number of anilines is 1. The average molecular weight is 300 g/mol. The second-order valence-corrected chi connectivity index (χ2v) is 4.14. The van der Waals surface area contributed by atoms with Crippen LogP contribution in [0.2, 0.25) is 5.02 Å². The van der Waals surface area contributed by atoms with Gasteiger partial charge in [-0.2, -0.15) is 0 Å². The summed E-state index contributed by atoms with van der Waals surface area (Å²) < 4.78 is 0. The molecule has 1 heterocycles. The molecule has 1 amide bonds. The zero-order valence-electron chi connectivity index (χ0n) is 8.21. The number of amides is 1. The van der Waals surface area contributed by atoms with E-state index in [1.54, 1.807) is 18.3 Å². The lowest BCUT2D eigenvalue weighted by atomic mass is 10.2. The van der Waals surface area contributed by atoms with Crippen molar-refractivity contribution < 1.29 is 4.79 Å². The Bertz CT molecular complexity index is 544. The van der Waals surface area contributed by atoms with Crippen molar-refractivity contribution in [2.75, 3.05) is 10.6 Å². The third kappa shape index (κ3) is 2.18. The maximum Gasteiger partial charge on any atom is 0.235 e. The Balaban J connectivity index is 2.54. The van der Waals surface area contributed by atoms with E-state index in [1.807, 2.05) is 12.1 Å². The Morgan fingerprint density at radius 2 is 2.25 bits per heavy atom. The van der Waals surface area contributed by atoms with E-state index in [9.17, 15) is 4.79 Å². The number of rotatable bonds is 2. The number of halogens is 2. The van der Waals surface area contributed by atoms with Crippen LogP contribution in [0.5, 0.6) is 0 Å². The Hall–Kier alpha value is -1.13. The SMILES string of the molecule is O=C(CBr)Nc1ccc(Cl)c2cccnc12. The Labute approximate surface area is 106 Å². The van der Waals surface area contributed by atoms with Crippen molar-refractivity contribution >= 4 is 50.0 Å². The minimum Gasteiger partial charge on any atom is -0.323 e. The zero-order valence-corrected chi connectivity index (χ0v) is 10.5. The van der Waals surface area contributed by atoms with Gasteiger partial charge in [-0.3, -0.25) is 9.78 Å². The number of aromatic nitrogens is 1. The number of carbonyl (C=O) groups is 1. The van der Waals surface area contributed by atoms with Crippen molar-refractivity contribution in [1.29, 1.82) is 0 Å². The number of fused-ring (bicyclic) bond motifs is 1. The summed E-state index contributed by atoms with van der Waals surface area (Å²) in [6, 6.07) is 7.17. The van der Waals surface area contributed by atoms with E-state index in [2.05, 4.69) is 26.2 Å². The summed E-state index contributed by atoms with van der Waals surface area (Å²) in [5.74, 6) is -0.116. The van der Waals surface area contributed by atoms with Gasteiger partial charge in [0.1, 0.15) is 0 Å². The quantitative estimate of drug-likeness (QED) is 0.865. The van der Waals surface area contributed by atoms with Gasteiger partial charge < -0.3 is 5.32 Å². The fraction of sp³-hybridized carbons (Fsp3) is 0.0909. The summed E-state index contributed by atoms with van der Waals surface area (Å²) >= 11 is 9.13. The predicted molar refractivity (Wildman–Crippen MR) is 69.2 cm³/mol. The van der Waals surface area contributed by atoms with Gasteiger partial charge >= 0.3 is 0 Å². The van der Waals surface area contributed by atoms with E-state index in [-0.39, 0.29) is 11.2 Å². The molecule has 5 heteroatoms. The van der Waals surface area contributed by atoms with Crippen LogP contribution < -0.4 is 5.32 Å². The molecule has 0 aliphatic carbocycles. The molecule has 0 fully saturated rings. The molecule has 1 N–H and O–H groups in total. The smallest absolute Gasteiger partial charge is 0.235 e. The van der Waals surface area contributed by atoms with Gasteiger partial charge in [0.05, 0.1) is 21.6 Å². The lowest BCUT2D eigenvalue weighted by Gasteiger charge is -2.07. The number of carbonyl (C=O) groups excluding carboxylic acids is 1. The van der Waals surface area contributed by atoms with Gasteiger partial charge in [-0.05, 0) is 24.3 Å². The fourth-order valence-corrected chi connectivity index (χ4v) is 1.78. The third-order valence-electron chi connectivity index (χ3n) is 2.11. The molecular formula is C11H8BrClN2O. The molecular weight excluding hydrogens is 291 g/mol. The van der Waals surface area contributed by atoms with Crippen molar-refractivity contribution in [2.24, 2.45) is 0 Å². The first-order valence-electron chi connectivity index (χ1n) is 4.61. The van der Waals surface area contributed by atoms with Crippen LogP contribution in [0.4, 0.5) is 5.69 Å². The molecule has 0 saturated carbocycles. The highest BCUT2D eigenvalue weighted by atomic mass is 79.9. The molecule has 0 radical (unpaired) electrons. The number of nitrogens with zero attached hydrogens (tertiary/aromatic N) is 1. The molecule has 16 heavy (non-hydrogen) atoms. The normalized spacial score (nSPS) is 10.4. The summed E-state index contributed by atoms with van der Waals surface area (Å²) in [6.07, 6.45) is 1.67. The van der Waals surface area contributed by atoms with Gasteiger partial charge in [0.15, 0.2) is 0 Å². The van der Waals surface area contributed by atoms with Crippen LogP contribution in [0, 0.1) is 0 Å². The zero-order chi connectivity index (χ0) is 11.5. The van der Waals surface area contributed by atoms with Crippen LogP contribution in [0.1, 0.15) is 0 Å². The molecule has 2 rings (SSSR count). The van der Waals surface area contributed by atoms with Crippen molar-refractivity contribution in [3.63, 3.8) is 0 Å². The third-order valence-corrected chi connectivity index (χ3v) is 2.95. The molecule has 0 aliphatic rings. The first kappa shape index (κ1) is 11.4. The van der Waals surface area contributed by atoms with Crippen LogP contribution in [0.3, 0.4) is 0 Å². The molecule has 1 aromatic carbocycles. The molecule has 3 nitrogen and oxygen atoms in total. The van der Waals surface area contributed by atoms with Crippen molar-refractivity contribution in [3.05, 3.63) is 35.5 Å². The average Bonchev–Trinajstić information content (AvgIpc) is 2.33. The van der Waals surface area contributed by atoms with E-state index >= 15 is 0 Å². The largest absolute Gasteiger partial charge is 0.323 e. The van der Waals surface area contributed by atoms with Crippen LogP contribution >= 0.6 is 27.5 Å². The topological polar surface area (TPSA) is 42.0 Å². The van der Waals surface area contributed by atoms with Gasteiger partial charge in [-0.1, -0.05) is 27.5 Å². The minimum atomic E-state index is -0.116. The Morgan fingerprint density at radius 1 is 1.44 bits per heavy atom. The van der Waals surface area contributed by atoms with Crippen LogP contribution in [0.25, 0.3) is 10.9 Å². The number of hydrogen-bond acceptors (Lipinski definition) is 2. The fourth-order valence-electron chi connectivity index (χ4n) is 1.42. The molecule has 2 aromatic rings. The minimum absolute atomic E-state index is 0.116. The maximum absolute atomic E-state index is 11.3. The monoisotopic (exact) mass is 298 g/mol. The molecule has 0 aliphatic heterocycles. The number of pyridine rings is 1. The lowest BCUT2D eigenvalue weighted by molar-refractivity contribution is -0.113. The summed E-state index contributed by atoms with van der Waals surface area (Å²) in [6.45, 7) is 0. The van der Waals surface area contributed by atoms with E-state index in [4.69, 9.17) is 11.6 Å². The highest BCUT2D eigenvalue weighted by Crippen LogP contribution is 2.27. The molecule has 1 aromatic heterocycles. The van der Waals surface area contributed by atoms with Gasteiger partial charge in [0.2, 0.25) is 5.91 Å².